The van der Waals surface area contributed by atoms with Crippen LogP contribution in [0.2, 0.25) is 0 Å². The van der Waals surface area contributed by atoms with E-state index in [1.807, 2.05) is 23.9 Å². The number of methoxy groups -OCH3 is 2. The fourth-order valence-corrected chi connectivity index (χ4v) is 1.62. The molecule has 3 aromatic rings. The molecule has 0 spiro atoms. The third kappa shape index (κ3) is 7.87. The molecule has 0 aliphatic rings. The van der Waals surface area contributed by atoms with Gasteiger partial charge in [-0.15, -0.1) is 0 Å². The molecule has 7 nitrogen and oxygen atoms in total. The number of pyridine rings is 1. The van der Waals surface area contributed by atoms with Crippen LogP contribution in [0.5, 0.6) is 0 Å². The topological polar surface area (TPSA) is 83.3 Å². The van der Waals surface area contributed by atoms with Crippen molar-refractivity contribution in [3.8, 4) is 0 Å². The van der Waals surface area contributed by atoms with Crippen molar-refractivity contribution < 1.29 is 19.1 Å². The number of hydrogen-bond acceptors (Lipinski definition) is 6. The SMILES string of the molecule is COC(=O)c1ccccc1.COC(=O)c1cccnc1.Cn1ccnc1. The first-order valence-corrected chi connectivity index (χ1v) is 7.62. The summed E-state index contributed by atoms with van der Waals surface area (Å²) in [5, 5.41) is 0. The maximum atomic E-state index is 10.8. The minimum Gasteiger partial charge on any atom is -0.465 e. The lowest BCUT2D eigenvalue weighted by atomic mass is 10.2. The molecule has 7 heteroatoms. The van der Waals surface area contributed by atoms with Gasteiger partial charge in [-0.05, 0) is 24.3 Å². The van der Waals surface area contributed by atoms with Crippen LogP contribution in [0, 0.1) is 0 Å². The van der Waals surface area contributed by atoms with Gasteiger partial charge in [0, 0.05) is 31.8 Å². The lowest BCUT2D eigenvalue weighted by Gasteiger charge is -1.95. The number of nitrogens with zero attached hydrogens (tertiary/aromatic N) is 3. The summed E-state index contributed by atoms with van der Waals surface area (Å²) in [7, 11) is 4.65. The molecule has 1 aromatic carbocycles. The average molecular weight is 355 g/mol. The molecule has 0 aliphatic carbocycles. The fourth-order valence-electron chi connectivity index (χ4n) is 1.62. The molecule has 0 atom stereocenters. The molecule has 0 unspecified atom stereocenters. The number of imidazole rings is 1. The standard InChI is InChI=1S/C8H8O2.C7H7NO2.C4H6N2/c1-10-8(9)7-5-3-2-4-6-7;1-10-7(9)6-3-2-4-8-5-6;1-6-3-2-5-4-6/h2-6H,1H3;2-5H,1H3;2-4H,1H3. The van der Waals surface area contributed by atoms with Gasteiger partial charge in [0.15, 0.2) is 0 Å². The summed E-state index contributed by atoms with van der Waals surface area (Å²) in [5.74, 6) is -0.645. The van der Waals surface area contributed by atoms with Crippen LogP contribution in [0.1, 0.15) is 20.7 Å². The van der Waals surface area contributed by atoms with Gasteiger partial charge >= 0.3 is 11.9 Å². The summed E-state index contributed by atoms with van der Waals surface area (Å²) in [5.41, 5.74) is 1.06. The molecule has 0 saturated carbocycles. The molecule has 0 saturated heterocycles. The van der Waals surface area contributed by atoms with E-state index in [4.69, 9.17) is 0 Å². The lowest BCUT2D eigenvalue weighted by Crippen LogP contribution is -2.00. The van der Waals surface area contributed by atoms with Gasteiger partial charge in [0.25, 0.3) is 0 Å². The molecule has 2 heterocycles. The number of aryl methyl sites for hydroxylation is 1. The average Bonchev–Trinajstić information content (AvgIpc) is 3.20. The van der Waals surface area contributed by atoms with Crippen molar-refractivity contribution in [1.82, 2.24) is 14.5 Å². The Morgan fingerprint density at radius 3 is 1.88 bits per heavy atom. The smallest absolute Gasteiger partial charge is 0.339 e. The van der Waals surface area contributed by atoms with E-state index < -0.39 is 0 Å². The molecular formula is C19H21N3O4. The Morgan fingerprint density at radius 2 is 1.46 bits per heavy atom. The van der Waals surface area contributed by atoms with Crippen molar-refractivity contribution in [3.63, 3.8) is 0 Å². The van der Waals surface area contributed by atoms with Crippen LogP contribution in [0.25, 0.3) is 0 Å². The first-order chi connectivity index (χ1) is 12.6. The summed E-state index contributed by atoms with van der Waals surface area (Å²) in [4.78, 5) is 29.1. The minimum atomic E-state index is -0.354. The third-order valence-corrected chi connectivity index (χ3v) is 2.91. The van der Waals surface area contributed by atoms with Crippen molar-refractivity contribution in [1.29, 1.82) is 0 Å². The first kappa shape index (κ1) is 20.6. The first-order valence-electron chi connectivity index (χ1n) is 7.62. The number of hydrogen-bond donors (Lipinski definition) is 0. The van der Waals surface area contributed by atoms with Gasteiger partial charge in [0.2, 0.25) is 0 Å². The van der Waals surface area contributed by atoms with Gasteiger partial charge < -0.3 is 14.0 Å². The van der Waals surface area contributed by atoms with E-state index in [0.717, 1.165) is 0 Å². The van der Waals surface area contributed by atoms with E-state index in [0.29, 0.717) is 11.1 Å². The maximum absolute atomic E-state index is 10.8. The van der Waals surface area contributed by atoms with Crippen molar-refractivity contribution in [2.45, 2.75) is 0 Å². The molecule has 136 valence electrons. The van der Waals surface area contributed by atoms with Gasteiger partial charge in [0.05, 0.1) is 31.7 Å². The second-order valence-corrected chi connectivity index (χ2v) is 4.82. The monoisotopic (exact) mass is 355 g/mol. The number of rotatable bonds is 2. The van der Waals surface area contributed by atoms with E-state index in [1.54, 1.807) is 55.1 Å². The Morgan fingerprint density at radius 1 is 0.846 bits per heavy atom. The summed E-state index contributed by atoms with van der Waals surface area (Å²) in [6.45, 7) is 0. The van der Waals surface area contributed by atoms with E-state index in [-0.39, 0.29) is 11.9 Å². The highest BCUT2D eigenvalue weighted by molar-refractivity contribution is 5.89. The zero-order chi connectivity index (χ0) is 19.2. The van der Waals surface area contributed by atoms with Gasteiger partial charge in [-0.25, -0.2) is 14.6 Å². The largest absolute Gasteiger partial charge is 0.465 e. The van der Waals surface area contributed by atoms with Crippen LogP contribution in [-0.2, 0) is 16.5 Å². The highest BCUT2D eigenvalue weighted by Gasteiger charge is 2.01. The van der Waals surface area contributed by atoms with Crippen molar-refractivity contribution >= 4 is 11.9 Å². The number of benzene rings is 1. The van der Waals surface area contributed by atoms with Gasteiger partial charge in [-0.2, -0.15) is 0 Å². The normalized spacial score (nSPS) is 8.88. The van der Waals surface area contributed by atoms with Gasteiger partial charge in [-0.3, -0.25) is 4.98 Å². The van der Waals surface area contributed by atoms with Crippen LogP contribution >= 0.6 is 0 Å². The predicted molar refractivity (Wildman–Crippen MR) is 96.6 cm³/mol. The number of carbonyl (C=O) groups excluding carboxylic acids is 2. The molecule has 0 N–H and O–H groups in total. The molecule has 0 aliphatic heterocycles. The van der Waals surface area contributed by atoms with Crippen LogP contribution in [0.3, 0.4) is 0 Å². The van der Waals surface area contributed by atoms with E-state index in [9.17, 15) is 9.59 Å². The predicted octanol–water partition coefficient (Wildman–Crippen LogP) is 2.76. The molecule has 0 bridgehead atoms. The van der Waals surface area contributed by atoms with Gasteiger partial charge in [-0.1, -0.05) is 18.2 Å². The van der Waals surface area contributed by atoms with Crippen molar-refractivity contribution in [2.24, 2.45) is 7.05 Å². The quantitative estimate of drug-likeness (QED) is 0.657. The minimum absolute atomic E-state index is 0.291. The van der Waals surface area contributed by atoms with E-state index >= 15 is 0 Å². The van der Waals surface area contributed by atoms with Crippen molar-refractivity contribution in [2.75, 3.05) is 14.2 Å². The van der Waals surface area contributed by atoms with Crippen LogP contribution in [0.15, 0.2) is 73.6 Å². The van der Waals surface area contributed by atoms with Crippen LogP contribution in [0.4, 0.5) is 0 Å². The van der Waals surface area contributed by atoms with Crippen LogP contribution < -0.4 is 0 Å². The summed E-state index contributed by atoms with van der Waals surface area (Å²) in [6.07, 6.45) is 8.46. The fraction of sp³-hybridized carbons (Fsp3) is 0.158. The molecule has 0 amide bonds. The van der Waals surface area contributed by atoms with Crippen LogP contribution in [-0.4, -0.2) is 40.7 Å². The number of esters is 2. The molecule has 0 fully saturated rings. The summed E-state index contributed by atoms with van der Waals surface area (Å²) >= 11 is 0. The number of carbonyl (C=O) groups is 2. The summed E-state index contributed by atoms with van der Waals surface area (Å²) in [6, 6.07) is 12.2. The second-order valence-electron chi connectivity index (χ2n) is 4.82. The Kier molecular flexibility index (Phi) is 9.46. The highest BCUT2D eigenvalue weighted by Crippen LogP contribution is 1.99. The lowest BCUT2D eigenvalue weighted by molar-refractivity contribution is 0.0591. The van der Waals surface area contributed by atoms with Crippen molar-refractivity contribution in [3.05, 3.63) is 84.7 Å². The molecule has 3 rings (SSSR count). The second kappa shape index (κ2) is 12.0. The molecule has 0 radical (unpaired) electrons. The van der Waals surface area contributed by atoms with Gasteiger partial charge in [0.1, 0.15) is 0 Å². The highest BCUT2D eigenvalue weighted by atomic mass is 16.5. The number of ether oxygens (including phenoxy) is 2. The molecule has 2 aromatic heterocycles. The Balaban J connectivity index is 0.000000201. The number of aromatic nitrogens is 3. The molecule has 26 heavy (non-hydrogen) atoms. The Bertz CT molecular complexity index is 709. The Hall–Kier alpha value is -3.48. The zero-order valence-electron chi connectivity index (χ0n) is 14.9. The summed E-state index contributed by atoms with van der Waals surface area (Å²) < 4.78 is 10.8. The maximum Gasteiger partial charge on any atom is 0.339 e. The Labute approximate surface area is 152 Å². The third-order valence-electron chi connectivity index (χ3n) is 2.91. The van der Waals surface area contributed by atoms with E-state index in [2.05, 4.69) is 19.4 Å². The zero-order valence-corrected chi connectivity index (χ0v) is 14.9. The molecular weight excluding hydrogens is 334 g/mol. The van der Waals surface area contributed by atoms with E-state index in [1.165, 1.54) is 20.4 Å².